The number of hydrogen-bond acceptors (Lipinski definition) is 2. The second-order valence-corrected chi connectivity index (χ2v) is 5.79. The summed E-state index contributed by atoms with van der Waals surface area (Å²) in [5.74, 6) is 0. The molecule has 0 bridgehead atoms. The van der Waals surface area contributed by atoms with Crippen LogP contribution in [0.3, 0.4) is 0 Å². The van der Waals surface area contributed by atoms with E-state index in [1.807, 2.05) is 0 Å². The Balaban J connectivity index is 0. The molecule has 0 radical (unpaired) electrons. The van der Waals surface area contributed by atoms with Crippen LogP contribution in [0.15, 0.2) is 0 Å². The van der Waals surface area contributed by atoms with E-state index in [1.54, 1.807) is 0 Å². The number of hydrogen-bond donors (Lipinski definition) is 2. The fraction of sp³-hybridized carbons (Fsp3) is 1.00. The van der Waals surface area contributed by atoms with Crippen molar-refractivity contribution >= 4 is 18.4 Å². The molecule has 0 spiro atoms. The van der Waals surface area contributed by atoms with Crippen LogP contribution in [0.25, 0.3) is 0 Å². The molecule has 1 aliphatic carbocycles. The molecule has 0 saturated heterocycles. The maximum absolute atomic E-state index is 5.65. The van der Waals surface area contributed by atoms with E-state index in [-0.39, 0.29) is 42.1 Å². The van der Waals surface area contributed by atoms with E-state index in [9.17, 15) is 0 Å². The fourth-order valence-corrected chi connectivity index (χ4v) is 1.19. The maximum atomic E-state index is 5.65. The quantitative estimate of drug-likeness (QED) is 0.476. The molecule has 80 valence electrons. The molecule has 1 aliphatic rings. The van der Waals surface area contributed by atoms with Gasteiger partial charge in [-0.25, -0.2) is 0 Å². The molecule has 1 fully saturated rings. The normalized spacial score (nSPS) is 28.3. The van der Waals surface area contributed by atoms with Crippen LogP contribution in [0.5, 0.6) is 0 Å². The van der Waals surface area contributed by atoms with Gasteiger partial charge in [0.2, 0.25) is 0 Å². The molecular weight excluding hydrogens is 403 g/mol. The van der Waals surface area contributed by atoms with Gasteiger partial charge in [-0.3, -0.25) is 0 Å². The molecule has 0 aromatic rings. The van der Waals surface area contributed by atoms with E-state index in [0.717, 1.165) is 12.8 Å². The third-order valence-corrected chi connectivity index (χ3v) is 1.87. The van der Waals surface area contributed by atoms with Gasteiger partial charge in [-0.2, -0.15) is 0 Å². The standard InChI is InChI=1S/C6H14N2.Au.3ClH/c7-5-3-1-2-4-6(5)8;;;;/h5-6H,1-4,7-8H2;;3*1H/q;+3;;;/p-3/t5-,6-;;;;/m1..../s1. The Hall–Kier alpha value is 1.53. The summed E-state index contributed by atoms with van der Waals surface area (Å²) < 4.78 is 0. The van der Waals surface area contributed by atoms with Crippen molar-refractivity contribution in [1.29, 1.82) is 0 Å². The predicted octanol–water partition coefficient (Wildman–Crippen LogP) is -1.40. The van der Waals surface area contributed by atoms with Crippen molar-refractivity contribution in [1.82, 2.24) is 0 Å². The Bertz CT molecular complexity index is 86.9. The summed E-state index contributed by atoms with van der Waals surface area (Å²) in [6.45, 7) is 0. The van der Waals surface area contributed by atoms with Crippen LogP contribution in [0.1, 0.15) is 25.7 Å². The van der Waals surface area contributed by atoms with Crippen molar-refractivity contribution in [3.63, 3.8) is 0 Å². The van der Waals surface area contributed by atoms with Gasteiger partial charge in [0.25, 0.3) is 0 Å². The van der Waals surface area contributed by atoms with Crippen LogP contribution in [-0.2, 0) is 17.6 Å². The molecule has 2 atom stereocenters. The average molecular weight is 418 g/mol. The SMILES string of the molecule is N[C@@H]1CCCC[C@H]1N.[Cl-].[Cl][Au+][Cl]. The van der Waals surface area contributed by atoms with Gasteiger partial charge in [0.15, 0.2) is 0 Å². The Labute approximate surface area is 97.1 Å². The van der Waals surface area contributed by atoms with Gasteiger partial charge in [-0.15, -0.1) is 0 Å². The molecule has 2 nitrogen and oxygen atoms in total. The minimum absolute atomic E-state index is 0. The summed E-state index contributed by atoms with van der Waals surface area (Å²) in [7, 11) is 9.72. The summed E-state index contributed by atoms with van der Waals surface area (Å²) in [4.78, 5) is 0. The van der Waals surface area contributed by atoms with Crippen LogP contribution in [0.2, 0.25) is 0 Å². The van der Waals surface area contributed by atoms with Gasteiger partial charge in [0, 0.05) is 12.1 Å². The van der Waals surface area contributed by atoms with E-state index in [0.29, 0.717) is 0 Å². The second kappa shape index (κ2) is 10.6. The average Bonchev–Trinajstić information content (AvgIpc) is 1.97. The molecule has 1 rings (SSSR count). The van der Waals surface area contributed by atoms with Crippen molar-refractivity contribution in [2.75, 3.05) is 0 Å². The molecule has 0 amide bonds. The zero-order valence-corrected chi connectivity index (χ0v) is 11.0. The molecule has 6 heteroatoms. The molecule has 0 unspecified atom stereocenters. The van der Waals surface area contributed by atoms with Gasteiger partial charge in [-0.1, -0.05) is 12.8 Å². The molecule has 1 saturated carbocycles. The molecule has 0 aliphatic heterocycles. The predicted molar refractivity (Wildman–Crippen MR) is 46.1 cm³/mol. The first-order chi connectivity index (χ1) is 5.22. The number of nitrogens with two attached hydrogens (primary N) is 2. The molecule has 0 aromatic carbocycles. The van der Waals surface area contributed by atoms with Gasteiger partial charge in [-0.05, 0) is 12.8 Å². The van der Waals surface area contributed by atoms with E-state index in [2.05, 4.69) is 0 Å². The Morgan fingerprint density at radius 3 is 1.42 bits per heavy atom. The summed E-state index contributed by atoms with van der Waals surface area (Å²) in [6, 6.07) is 0.562. The number of halogens is 3. The summed E-state index contributed by atoms with van der Waals surface area (Å²) >= 11 is -0.389. The topological polar surface area (TPSA) is 52.0 Å². The van der Waals surface area contributed by atoms with Crippen molar-refractivity contribution in [2.24, 2.45) is 11.5 Å². The summed E-state index contributed by atoms with van der Waals surface area (Å²) in [6.07, 6.45) is 4.80. The third-order valence-electron chi connectivity index (χ3n) is 1.87. The molecular formula is C6H14AuCl3N2. The van der Waals surface area contributed by atoms with Gasteiger partial charge in [0.05, 0.1) is 0 Å². The van der Waals surface area contributed by atoms with E-state index < -0.39 is 0 Å². The first-order valence-electron chi connectivity index (χ1n) is 3.54. The van der Waals surface area contributed by atoms with Crippen molar-refractivity contribution in [2.45, 2.75) is 37.8 Å². The van der Waals surface area contributed by atoms with Crippen molar-refractivity contribution < 1.29 is 30.0 Å². The van der Waals surface area contributed by atoms with Crippen LogP contribution < -0.4 is 23.9 Å². The van der Waals surface area contributed by atoms with Gasteiger partial charge < -0.3 is 23.9 Å². The van der Waals surface area contributed by atoms with Crippen LogP contribution >= 0.6 is 18.4 Å². The molecule has 4 N–H and O–H groups in total. The first-order valence-corrected chi connectivity index (χ1v) is 8.91. The van der Waals surface area contributed by atoms with Crippen LogP contribution in [0, 0.1) is 0 Å². The fourth-order valence-electron chi connectivity index (χ4n) is 1.19. The molecule has 0 aromatic heterocycles. The molecule has 0 heterocycles. The third kappa shape index (κ3) is 8.14. The zero-order chi connectivity index (χ0) is 8.69. The van der Waals surface area contributed by atoms with Gasteiger partial charge >= 0.3 is 36.0 Å². The monoisotopic (exact) mass is 416 g/mol. The summed E-state index contributed by atoms with van der Waals surface area (Å²) in [5, 5.41) is 0. The van der Waals surface area contributed by atoms with E-state index >= 15 is 0 Å². The Morgan fingerprint density at radius 1 is 1.00 bits per heavy atom. The number of rotatable bonds is 0. The minimum atomic E-state index is -0.389. The summed E-state index contributed by atoms with van der Waals surface area (Å²) in [5.41, 5.74) is 11.3. The van der Waals surface area contributed by atoms with Crippen molar-refractivity contribution in [3.8, 4) is 0 Å². The van der Waals surface area contributed by atoms with Crippen LogP contribution in [0.4, 0.5) is 0 Å². The van der Waals surface area contributed by atoms with E-state index in [1.165, 1.54) is 12.8 Å². The Kier molecular flexibility index (Phi) is 14.1. The van der Waals surface area contributed by atoms with Crippen molar-refractivity contribution in [3.05, 3.63) is 0 Å². The van der Waals surface area contributed by atoms with Gasteiger partial charge in [0.1, 0.15) is 0 Å². The van der Waals surface area contributed by atoms with E-state index in [4.69, 9.17) is 29.8 Å². The Morgan fingerprint density at radius 2 is 1.25 bits per heavy atom. The zero-order valence-electron chi connectivity index (χ0n) is 6.57. The first kappa shape index (κ1) is 16.0. The second-order valence-electron chi connectivity index (χ2n) is 2.66. The molecule has 12 heavy (non-hydrogen) atoms. The van der Waals surface area contributed by atoms with Crippen LogP contribution in [-0.4, -0.2) is 12.1 Å².